The molecule has 0 unspecified atom stereocenters. The largest absolute Gasteiger partial charge is 0.494 e. The number of amides is 1. The minimum Gasteiger partial charge on any atom is -0.494 e. The number of benzene rings is 2. The van der Waals surface area contributed by atoms with Crippen LogP contribution in [0.4, 0.5) is 5.13 Å². The molecule has 9 heteroatoms. The lowest BCUT2D eigenvalue weighted by atomic mass is 10.1. The van der Waals surface area contributed by atoms with Gasteiger partial charge < -0.3 is 18.9 Å². The van der Waals surface area contributed by atoms with Gasteiger partial charge in [0.15, 0.2) is 16.6 Å². The van der Waals surface area contributed by atoms with Crippen LogP contribution in [0, 0.1) is 6.92 Å². The van der Waals surface area contributed by atoms with E-state index in [1.807, 2.05) is 50.2 Å². The number of thiazole rings is 1. The Morgan fingerprint density at radius 3 is 2.65 bits per heavy atom. The molecular formula is C25H29N3O5S. The molecule has 3 aromatic rings. The van der Waals surface area contributed by atoms with E-state index in [0.717, 1.165) is 35.4 Å². The number of morpholine rings is 1. The summed E-state index contributed by atoms with van der Waals surface area (Å²) < 4.78 is 24.2. The first-order valence-corrected chi connectivity index (χ1v) is 12.3. The van der Waals surface area contributed by atoms with E-state index in [2.05, 4.69) is 4.90 Å². The second-order valence-electron chi connectivity index (χ2n) is 8.51. The van der Waals surface area contributed by atoms with E-state index in [4.69, 9.17) is 23.9 Å². The maximum Gasteiger partial charge on any atom is 0.273 e. The number of rotatable bonds is 6. The first-order chi connectivity index (χ1) is 16.5. The highest BCUT2D eigenvalue weighted by molar-refractivity contribution is 7.22. The Morgan fingerprint density at radius 1 is 1.18 bits per heavy atom. The molecule has 1 amide bonds. The number of carbonyl (C=O) groups is 1. The molecular weight excluding hydrogens is 454 g/mol. The summed E-state index contributed by atoms with van der Waals surface area (Å²) in [5.74, 6) is 1.77. The molecule has 0 bridgehead atoms. The average Bonchev–Trinajstić information content (AvgIpc) is 3.30. The zero-order chi connectivity index (χ0) is 23.7. The lowest BCUT2D eigenvalue weighted by molar-refractivity contribution is -0.130. The lowest BCUT2D eigenvalue weighted by Gasteiger charge is -2.34. The van der Waals surface area contributed by atoms with Gasteiger partial charge in [-0.3, -0.25) is 14.6 Å². The second-order valence-corrected chi connectivity index (χ2v) is 9.49. The van der Waals surface area contributed by atoms with E-state index < -0.39 is 12.2 Å². The van der Waals surface area contributed by atoms with E-state index >= 15 is 0 Å². The third kappa shape index (κ3) is 4.43. The van der Waals surface area contributed by atoms with E-state index in [0.29, 0.717) is 42.1 Å². The number of methoxy groups -OCH3 is 1. The fraction of sp³-hybridized carbons (Fsp3) is 0.440. The van der Waals surface area contributed by atoms with Gasteiger partial charge in [-0.2, -0.15) is 0 Å². The number of fused-ring (bicyclic) bond motifs is 2. The van der Waals surface area contributed by atoms with E-state index in [-0.39, 0.29) is 5.91 Å². The van der Waals surface area contributed by atoms with E-state index in [1.54, 1.807) is 12.0 Å². The van der Waals surface area contributed by atoms with Crippen molar-refractivity contribution >= 4 is 32.6 Å². The number of para-hydroxylation sites is 2. The number of aromatic nitrogens is 1. The fourth-order valence-corrected chi connectivity index (χ4v) is 5.37. The molecule has 1 saturated heterocycles. The van der Waals surface area contributed by atoms with Crippen LogP contribution in [-0.4, -0.2) is 74.5 Å². The van der Waals surface area contributed by atoms with Crippen molar-refractivity contribution in [3.8, 4) is 17.2 Å². The maximum absolute atomic E-state index is 13.9. The van der Waals surface area contributed by atoms with E-state index in [1.165, 1.54) is 11.3 Å². The van der Waals surface area contributed by atoms with Crippen molar-refractivity contribution in [3.05, 3.63) is 42.0 Å². The van der Waals surface area contributed by atoms with Crippen LogP contribution in [0.25, 0.3) is 10.2 Å². The lowest BCUT2D eigenvalue weighted by Crippen LogP contribution is -2.52. The molecule has 0 aliphatic carbocycles. The quantitative estimate of drug-likeness (QED) is 0.531. The van der Waals surface area contributed by atoms with Crippen LogP contribution in [0.5, 0.6) is 17.2 Å². The number of hydrogen-bond acceptors (Lipinski definition) is 8. The van der Waals surface area contributed by atoms with Gasteiger partial charge in [0.05, 0.1) is 25.0 Å². The standard InChI is InChI=1S/C25H29N3O5S/c1-16-8-9-20(30-3)21-23(16)34-25(26-21)28(11-10-27-12-14-31-15-13-27)24(29)22-17(2)32-18-6-4-5-7-19(18)33-22/h4-9,17,22H,10-15H2,1-3H3/t17-,22-/m1/s1. The third-order valence-corrected chi connectivity index (χ3v) is 7.45. The summed E-state index contributed by atoms with van der Waals surface area (Å²) >= 11 is 1.50. The SMILES string of the molecule is COc1ccc(C)c2sc(N(CCN3CCOCC3)C(=O)[C@@H]3Oc4ccccc4O[C@@H]3C)nc12. The van der Waals surface area contributed by atoms with Gasteiger partial charge >= 0.3 is 0 Å². The second kappa shape index (κ2) is 9.77. The number of nitrogens with zero attached hydrogens (tertiary/aromatic N) is 3. The topological polar surface area (TPSA) is 73.4 Å². The van der Waals surface area contributed by atoms with Crippen LogP contribution >= 0.6 is 11.3 Å². The zero-order valence-electron chi connectivity index (χ0n) is 19.7. The molecule has 5 rings (SSSR count). The van der Waals surface area contributed by atoms with Crippen molar-refractivity contribution in [2.45, 2.75) is 26.1 Å². The monoisotopic (exact) mass is 483 g/mol. The van der Waals surface area contributed by atoms with Crippen LogP contribution in [-0.2, 0) is 9.53 Å². The summed E-state index contributed by atoms with van der Waals surface area (Å²) in [5.41, 5.74) is 1.87. The van der Waals surface area contributed by atoms with Gasteiger partial charge in [0.1, 0.15) is 17.4 Å². The number of ether oxygens (including phenoxy) is 4. The molecule has 3 heterocycles. The normalized spacial score (nSPS) is 20.3. The number of carbonyl (C=O) groups excluding carboxylic acids is 1. The van der Waals surface area contributed by atoms with Gasteiger partial charge in [-0.25, -0.2) is 4.98 Å². The van der Waals surface area contributed by atoms with Crippen LogP contribution in [0.2, 0.25) is 0 Å². The number of aryl methyl sites for hydroxylation is 1. The van der Waals surface area contributed by atoms with Gasteiger partial charge in [-0.1, -0.05) is 29.5 Å². The van der Waals surface area contributed by atoms with Gasteiger partial charge in [-0.15, -0.1) is 0 Å². The average molecular weight is 484 g/mol. The van der Waals surface area contributed by atoms with Crippen molar-refractivity contribution < 1.29 is 23.7 Å². The third-order valence-electron chi connectivity index (χ3n) is 6.24. The Morgan fingerprint density at radius 2 is 1.91 bits per heavy atom. The van der Waals surface area contributed by atoms with Crippen molar-refractivity contribution in [2.75, 3.05) is 51.4 Å². The summed E-state index contributed by atoms with van der Waals surface area (Å²) in [5, 5.41) is 0.635. The molecule has 0 saturated carbocycles. The fourth-order valence-electron chi connectivity index (χ4n) is 4.29. The van der Waals surface area contributed by atoms with Gasteiger partial charge in [0.25, 0.3) is 5.91 Å². The Balaban J connectivity index is 1.47. The minimum atomic E-state index is -0.769. The van der Waals surface area contributed by atoms with Crippen molar-refractivity contribution in [1.82, 2.24) is 9.88 Å². The minimum absolute atomic E-state index is 0.161. The predicted molar refractivity (Wildman–Crippen MR) is 131 cm³/mol. The van der Waals surface area contributed by atoms with Crippen LogP contribution in [0.3, 0.4) is 0 Å². The van der Waals surface area contributed by atoms with Crippen molar-refractivity contribution in [1.29, 1.82) is 0 Å². The zero-order valence-corrected chi connectivity index (χ0v) is 20.5. The molecule has 2 atom stereocenters. The smallest absolute Gasteiger partial charge is 0.273 e. The predicted octanol–water partition coefficient (Wildman–Crippen LogP) is 3.51. The molecule has 34 heavy (non-hydrogen) atoms. The van der Waals surface area contributed by atoms with Crippen LogP contribution in [0.1, 0.15) is 12.5 Å². The van der Waals surface area contributed by atoms with Gasteiger partial charge in [0, 0.05) is 26.2 Å². The molecule has 0 radical (unpaired) electrons. The van der Waals surface area contributed by atoms with E-state index in [9.17, 15) is 4.79 Å². The summed E-state index contributed by atoms with van der Waals surface area (Å²) in [7, 11) is 1.64. The summed E-state index contributed by atoms with van der Waals surface area (Å²) in [4.78, 5) is 22.8. The maximum atomic E-state index is 13.9. The van der Waals surface area contributed by atoms with Crippen LogP contribution < -0.4 is 19.1 Å². The van der Waals surface area contributed by atoms with Crippen LogP contribution in [0.15, 0.2) is 36.4 Å². The molecule has 1 fully saturated rings. The van der Waals surface area contributed by atoms with Crippen molar-refractivity contribution in [2.24, 2.45) is 0 Å². The summed E-state index contributed by atoms with van der Waals surface area (Å²) in [6, 6.07) is 11.4. The Labute approximate surface area is 203 Å². The molecule has 180 valence electrons. The molecule has 8 nitrogen and oxygen atoms in total. The summed E-state index contributed by atoms with van der Waals surface area (Å²) in [6.45, 7) is 8.24. The summed E-state index contributed by atoms with van der Waals surface area (Å²) in [6.07, 6.45) is -1.20. The van der Waals surface area contributed by atoms with Gasteiger partial charge in [-0.05, 0) is 37.6 Å². The molecule has 0 N–H and O–H groups in total. The highest BCUT2D eigenvalue weighted by atomic mass is 32.1. The molecule has 2 aromatic carbocycles. The number of hydrogen-bond donors (Lipinski definition) is 0. The molecule has 2 aliphatic heterocycles. The molecule has 0 spiro atoms. The Bertz CT molecular complexity index is 1180. The first-order valence-electron chi connectivity index (χ1n) is 11.5. The Hall–Kier alpha value is -2.88. The Kier molecular flexibility index (Phi) is 6.58. The highest BCUT2D eigenvalue weighted by Gasteiger charge is 2.38. The van der Waals surface area contributed by atoms with Gasteiger partial charge in [0.2, 0.25) is 6.10 Å². The number of anilines is 1. The van der Waals surface area contributed by atoms with Crippen molar-refractivity contribution in [3.63, 3.8) is 0 Å². The highest BCUT2D eigenvalue weighted by Crippen LogP contribution is 2.38. The molecule has 2 aliphatic rings. The molecule has 1 aromatic heterocycles. The first kappa shape index (κ1) is 22.9.